The van der Waals surface area contributed by atoms with E-state index in [1.807, 2.05) is 17.7 Å². The second-order valence-corrected chi connectivity index (χ2v) is 4.22. The molecular weight excluding hydrogens is 221 g/mol. The number of aryl methyl sites for hydroxylation is 1. The first-order valence-corrected chi connectivity index (χ1v) is 5.69. The summed E-state index contributed by atoms with van der Waals surface area (Å²) in [6, 6.07) is 5.05. The third-order valence-corrected chi connectivity index (χ3v) is 3.13. The first-order chi connectivity index (χ1) is 8.27. The highest BCUT2D eigenvalue weighted by atomic mass is 19.1. The minimum absolute atomic E-state index is 0.0422. The van der Waals surface area contributed by atoms with Crippen LogP contribution in [0, 0.1) is 5.82 Å². The minimum atomic E-state index is -0.277. The Balaban J connectivity index is 2.10. The fourth-order valence-electron chi connectivity index (χ4n) is 2.24. The van der Waals surface area contributed by atoms with Crippen molar-refractivity contribution in [2.45, 2.75) is 6.04 Å². The first kappa shape index (κ1) is 10.7. The SMILES string of the molecule is Cn1c(C2COCCN2)nc2c(F)cccc21. The second-order valence-electron chi connectivity index (χ2n) is 4.22. The fourth-order valence-corrected chi connectivity index (χ4v) is 2.24. The lowest BCUT2D eigenvalue weighted by molar-refractivity contribution is 0.0735. The summed E-state index contributed by atoms with van der Waals surface area (Å²) in [4.78, 5) is 4.38. The molecule has 90 valence electrons. The molecule has 5 heteroatoms. The third-order valence-electron chi connectivity index (χ3n) is 3.13. The third kappa shape index (κ3) is 1.71. The quantitative estimate of drug-likeness (QED) is 0.811. The minimum Gasteiger partial charge on any atom is -0.378 e. The van der Waals surface area contributed by atoms with Crippen LogP contribution in [0.4, 0.5) is 4.39 Å². The zero-order chi connectivity index (χ0) is 11.8. The molecule has 2 heterocycles. The molecule has 1 atom stereocenters. The van der Waals surface area contributed by atoms with Crippen molar-refractivity contribution in [3.8, 4) is 0 Å². The number of aromatic nitrogens is 2. The number of hydrogen-bond acceptors (Lipinski definition) is 3. The Labute approximate surface area is 98.4 Å². The standard InChI is InChI=1S/C12H14FN3O/c1-16-10-4-2-3-8(13)11(10)15-12(16)9-7-17-6-5-14-9/h2-4,9,14H,5-7H2,1H3. The smallest absolute Gasteiger partial charge is 0.151 e. The van der Waals surface area contributed by atoms with Gasteiger partial charge in [-0.25, -0.2) is 9.37 Å². The predicted molar refractivity (Wildman–Crippen MR) is 62.2 cm³/mol. The highest BCUT2D eigenvalue weighted by molar-refractivity contribution is 5.76. The number of imidazole rings is 1. The second kappa shape index (κ2) is 4.09. The normalized spacial score (nSPS) is 20.9. The van der Waals surface area contributed by atoms with Gasteiger partial charge in [0.25, 0.3) is 0 Å². The molecule has 0 saturated carbocycles. The molecule has 1 saturated heterocycles. The van der Waals surface area contributed by atoms with Crippen molar-refractivity contribution in [2.75, 3.05) is 19.8 Å². The van der Waals surface area contributed by atoms with Gasteiger partial charge in [-0.1, -0.05) is 6.07 Å². The average Bonchev–Trinajstić information content (AvgIpc) is 2.70. The van der Waals surface area contributed by atoms with Gasteiger partial charge in [0.2, 0.25) is 0 Å². The summed E-state index contributed by atoms with van der Waals surface area (Å²) in [6.45, 7) is 2.10. The van der Waals surface area contributed by atoms with E-state index >= 15 is 0 Å². The Morgan fingerprint density at radius 1 is 1.53 bits per heavy atom. The molecular formula is C12H14FN3O. The fraction of sp³-hybridized carbons (Fsp3) is 0.417. The molecule has 0 bridgehead atoms. The van der Waals surface area contributed by atoms with Gasteiger partial charge >= 0.3 is 0 Å². The van der Waals surface area contributed by atoms with Crippen LogP contribution in [0.25, 0.3) is 11.0 Å². The summed E-state index contributed by atoms with van der Waals surface area (Å²) in [7, 11) is 1.90. The summed E-state index contributed by atoms with van der Waals surface area (Å²) in [6.07, 6.45) is 0. The van der Waals surface area contributed by atoms with E-state index in [9.17, 15) is 4.39 Å². The molecule has 1 unspecified atom stereocenters. The molecule has 17 heavy (non-hydrogen) atoms. The number of para-hydroxylation sites is 1. The molecule has 0 spiro atoms. The molecule has 1 N–H and O–H groups in total. The van der Waals surface area contributed by atoms with Crippen molar-refractivity contribution in [3.05, 3.63) is 29.8 Å². The Hall–Kier alpha value is -1.46. The molecule has 1 aromatic heterocycles. The van der Waals surface area contributed by atoms with E-state index in [1.54, 1.807) is 6.07 Å². The molecule has 1 fully saturated rings. The molecule has 0 radical (unpaired) electrons. The highest BCUT2D eigenvalue weighted by Crippen LogP contribution is 2.22. The number of ether oxygens (including phenoxy) is 1. The molecule has 1 aromatic carbocycles. The van der Waals surface area contributed by atoms with Crippen LogP contribution in [0.5, 0.6) is 0 Å². The van der Waals surface area contributed by atoms with Gasteiger partial charge in [0.05, 0.1) is 24.8 Å². The molecule has 0 amide bonds. The van der Waals surface area contributed by atoms with Crippen molar-refractivity contribution in [3.63, 3.8) is 0 Å². The molecule has 1 aliphatic heterocycles. The van der Waals surface area contributed by atoms with E-state index in [4.69, 9.17) is 4.74 Å². The number of rotatable bonds is 1. The highest BCUT2D eigenvalue weighted by Gasteiger charge is 2.21. The summed E-state index contributed by atoms with van der Waals surface area (Å²) in [5.74, 6) is 0.547. The number of nitrogens with zero attached hydrogens (tertiary/aromatic N) is 2. The monoisotopic (exact) mass is 235 g/mol. The molecule has 1 aliphatic rings. The number of halogens is 1. The van der Waals surface area contributed by atoms with Crippen molar-refractivity contribution in [1.82, 2.24) is 14.9 Å². The number of fused-ring (bicyclic) bond motifs is 1. The van der Waals surface area contributed by atoms with Crippen molar-refractivity contribution >= 4 is 11.0 Å². The number of benzene rings is 1. The van der Waals surface area contributed by atoms with Gasteiger partial charge in [0.1, 0.15) is 11.3 Å². The van der Waals surface area contributed by atoms with Crippen LogP contribution < -0.4 is 5.32 Å². The van der Waals surface area contributed by atoms with Gasteiger partial charge < -0.3 is 14.6 Å². The van der Waals surface area contributed by atoms with E-state index in [1.165, 1.54) is 6.07 Å². The summed E-state index contributed by atoms with van der Waals surface area (Å²) in [5, 5.41) is 3.33. The average molecular weight is 235 g/mol. The van der Waals surface area contributed by atoms with E-state index < -0.39 is 0 Å². The van der Waals surface area contributed by atoms with E-state index in [2.05, 4.69) is 10.3 Å². The number of nitrogens with one attached hydrogen (secondary N) is 1. The maximum Gasteiger partial charge on any atom is 0.151 e. The van der Waals surface area contributed by atoms with Gasteiger partial charge in [-0.15, -0.1) is 0 Å². The zero-order valence-electron chi connectivity index (χ0n) is 9.61. The summed E-state index contributed by atoms with van der Waals surface area (Å²) >= 11 is 0. The first-order valence-electron chi connectivity index (χ1n) is 5.69. The van der Waals surface area contributed by atoms with Crippen molar-refractivity contribution in [1.29, 1.82) is 0 Å². The van der Waals surface area contributed by atoms with Crippen LogP contribution in [-0.4, -0.2) is 29.3 Å². The maximum absolute atomic E-state index is 13.6. The van der Waals surface area contributed by atoms with Gasteiger partial charge in [-0.05, 0) is 12.1 Å². The lowest BCUT2D eigenvalue weighted by Gasteiger charge is -2.23. The molecule has 3 rings (SSSR count). The van der Waals surface area contributed by atoms with Crippen molar-refractivity contribution < 1.29 is 9.13 Å². The Kier molecular flexibility index (Phi) is 2.57. The lowest BCUT2D eigenvalue weighted by Crippen LogP contribution is -2.36. The van der Waals surface area contributed by atoms with Crippen LogP contribution in [0.3, 0.4) is 0 Å². The zero-order valence-corrected chi connectivity index (χ0v) is 9.61. The van der Waals surface area contributed by atoms with Crippen LogP contribution >= 0.6 is 0 Å². The van der Waals surface area contributed by atoms with Gasteiger partial charge in [0, 0.05) is 13.6 Å². The summed E-state index contributed by atoms with van der Waals surface area (Å²) < 4.78 is 20.9. The van der Waals surface area contributed by atoms with E-state index in [-0.39, 0.29) is 11.9 Å². The Morgan fingerprint density at radius 2 is 2.41 bits per heavy atom. The molecule has 2 aromatic rings. The van der Waals surface area contributed by atoms with Crippen LogP contribution in [0.15, 0.2) is 18.2 Å². The topological polar surface area (TPSA) is 39.1 Å². The van der Waals surface area contributed by atoms with E-state index in [0.29, 0.717) is 12.1 Å². The van der Waals surface area contributed by atoms with Crippen molar-refractivity contribution in [2.24, 2.45) is 7.05 Å². The maximum atomic E-state index is 13.6. The Bertz CT molecular complexity index is 546. The van der Waals surface area contributed by atoms with Crippen LogP contribution in [-0.2, 0) is 11.8 Å². The predicted octanol–water partition coefficient (Wildman–Crippen LogP) is 1.37. The Morgan fingerprint density at radius 3 is 3.12 bits per heavy atom. The summed E-state index contributed by atoms with van der Waals surface area (Å²) in [5.41, 5.74) is 1.24. The van der Waals surface area contributed by atoms with Crippen LogP contribution in [0.1, 0.15) is 11.9 Å². The van der Waals surface area contributed by atoms with E-state index in [0.717, 1.165) is 24.5 Å². The van der Waals surface area contributed by atoms with Gasteiger partial charge in [-0.2, -0.15) is 0 Å². The van der Waals surface area contributed by atoms with Crippen LogP contribution in [0.2, 0.25) is 0 Å². The molecule has 0 aliphatic carbocycles. The molecule has 4 nitrogen and oxygen atoms in total. The lowest BCUT2D eigenvalue weighted by atomic mass is 10.2. The van der Waals surface area contributed by atoms with Gasteiger partial charge in [-0.3, -0.25) is 0 Å². The number of hydrogen-bond donors (Lipinski definition) is 1. The largest absolute Gasteiger partial charge is 0.378 e. The van der Waals surface area contributed by atoms with Gasteiger partial charge in [0.15, 0.2) is 5.82 Å². The number of morpholine rings is 1.